The van der Waals surface area contributed by atoms with Crippen LogP contribution in [-0.4, -0.2) is 14.3 Å². The van der Waals surface area contributed by atoms with E-state index in [1.54, 1.807) is 30.3 Å². The van der Waals surface area contributed by atoms with Gasteiger partial charge in [-0.25, -0.2) is 9.07 Å². The number of alkyl halides is 3. The fraction of sp³-hybridized carbons (Fsp3) is 0.182. The molecule has 2 heterocycles. The molecule has 0 amide bonds. The lowest BCUT2D eigenvalue weighted by Gasteiger charge is -2.15. The minimum absolute atomic E-state index is 0.0143. The van der Waals surface area contributed by atoms with Gasteiger partial charge in [-0.1, -0.05) is 29.8 Å². The summed E-state index contributed by atoms with van der Waals surface area (Å²) in [7, 11) is 0. The molecule has 154 valence electrons. The topological polar surface area (TPSA) is 39.8 Å². The van der Waals surface area contributed by atoms with E-state index >= 15 is 0 Å². The molecule has 8 heteroatoms. The van der Waals surface area contributed by atoms with Crippen molar-refractivity contribution in [3.8, 4) is 5.69 Å². The Labute approximate surface area is 169 Å². The van der Waals surface area contributed by atoms with Crippen molar-refractivity contribution in [3.05, 3.63) is 93.2 Å². The number of aryl methyl sites for hydroxylation is 2. The first kappa shape index (κ1) is 19.9. The lowest BCUT2D eigenvalue weighted by molar-refractivity contribution is -0.136. The standard InChI is InChI=1S/C22H17F4N3O/c1-13-6-8-17(9-7-13)29-21-20(14(2)27-29)18(22(24,25)26)11-19(30)28(21)12-15-4-3-5-16(23)10-15/h3-11H,12H2,1-2H3. The van der Waals surface area contributed by atoms with Gasteiger partial charge in [-0.3, -0.25) is 9.36 Å². The molecule has 2 aromatic carbocycles. The maximum Gasteiger partial charge on any atom is 0.417 e. The highest BCUT2D eigenvalue weighted by Crippen LogP contribution is 2.36. The Morgan fingerprint density at radius 1 is 1.00 bits per heavy atom. The SMILES string of the molecule is Cc1ccc(-n2nc(C)c3c(C(F)(F)F)cc(=O)n(Cc4cccc(F)c4)c32)cc1. The van der Waals surface area contributed by atoms with E-state index in [1.807, 2.05) is 6.92 Å². The largest absolute Gasteiger partial charge is 0.417 e. The van der Waals surface area contributed by atoms with Crippen LogP contribution >= 0.6 is 0 Å². The Morgan fingerprint density at radius 2 is 1.70 bits per heavy atom. The van der Waals surface area contributed by atoms with Gasteiger partial charge in [0.05, 0.1) is 28.9 Å². The van der Waals surface area contributed by atoms with Gasteiger partial charge in [0.2, 0.25) is 0 Å². The van der Waals surface area contributed by atoms with Gasteiger partial charge in [0.15, 0.2) is 0 Å². The minimum atomic E-state index is -4.72. The molecule has 0 N–H and O–H groups in total. The van der Waals surface area contributed by atoms with E-state index in [9.17, 15) is 22.4 Å². The average molecular weight is 415 g/mol. The number of pyridine rings is 1. The van der Waals surface area contributed by atoms with Crippen molar-refractivity contribution >= 4 is 11.0 Å². The van der Waals surface area contributed by atoms with Crippen molar-refractivity contribution in [2.45, 2.75) is 26.6 Å². The van der Waals surface area contributed by atoms with Gasteiger partial charge in [0, 0.05) is 6.07 Å². The first-order chi connectivity index (χ1) is 14.1. The van der Waals surface area contributed by atoms with E-state index in [4.69, 9.17) is 0 Å². The van der Waals surface area contributed by atoms with Crippen molar-refractivity contribution < 1.29 is 17.6 Å². The van der Waals surface area contributed by atoms with E-state index in [2.05, 4.69) is 5.10 Å². The average Bonchev–Trinajstić information content (AvgIpc) is 3.01. The van der Waals surface area contributed by atoms with Crippen LogP contribution in [0.1, 0.15) is 22.4 Å². The molecular formula is C22H17F4N3O. The summed E-state index contributed by atoms with van der Waals surface area (Å²) in [6, 6.07) is 13.2. The Balaban J connectivity index is 2.06. The van der Waals surface area contributed by atoms with Gasteiger partial charge in [-0.15, -0.1) is 0 Å². The van der Waals surface area contributed by atoms with Gasteiger partial charge >= 0.3 is 6.18 Å². The highest BCUT2D eigenvalue weighted by molar-refractivity contribution is 5.84. The second kappa shape index (κ2) is 7.12. The summed E-state index contributed by atoms with van der Waals surface area (Å²) in [5.74, 6) is -0.494. The van der Waals surface area contributed by atoms with Gasteiger partial charge in [0.25, 0.3) is 5.56 Å². The van der Waals surface area contributed by atoms with Crippen molar-refractivity contribution in [1.29, 1.82) is 0 Å². The number of hydrogen-bond acceptors (Lipinski definition) is 2. The number of nitrogens with zero attached hydrogens (tertiary/aromatic N) is 3. The molecule has 0 aliphatic rings. The monoisotopic (exact) mass is 415 g/mol. The van der Waals surface area contributed by atoms with Crippen molar-refractivity contribution in [3.63, 3.8) is 0 Å². The predicted molar refractivity (Wildman–Crippen MR) is 105 cm³/mol. The third-order valence-electron chi connectivity index (χ3n) is 4.91. The number of rotatable bonds is 3. The molecule has 0 atom stereocenters. The Morgan fingerprint density at radius 3 is 2.33 bits per heavy atom. The summed E-state index contributed by atoms with van der Waals surface area (Å²) >= 11 is 0. The fourth-order valence-electron chi connectivity index (χ4n) is 3.52. The van der Waals surface area contributed by atoms with E-state index < -0.39 is 23.1 Å². The maximum absolute atomic E-state index is 13.7. The summed E-state index contributed by atoms with van der Waals surface area (Å²) in [4.78, 5) is 12.8. The normalized spacial score (nSPS) is 11.9. The second-order valence-electron chi connectivity index (χ2n) is 7.14. The summed E-state index contributed by atoms with van der Waals surface area (Å²) in [6.07, 6.45) is -4.72. The molecule has 0 bridgehead atoms. The first-order valence-corrected chi connectivity index (χ1v) is 9.17. The van der Waals surface area contributed by atoms with E-state index in [-0.39, 0.29) is 23.3 Å². The van der Waals surface area contributed by atoms with Crippen LogP contribution in [-0.2, 0) is 12.7 Å². The quantitative estimate of drug-likeness (QED) is 0.442. The van der Waals surface area contributed by atoms with Gasteiger partial charge in [-0.05, 0) is 43.7 Å². The molecule has 0 saturated heterocycles. The number of fused-ring (bicyclic) bond motifs is 1. The highest BCUT2D eigenvalue weighted by Gasteiger charge is 2.36. The van der Waals surface area contributed by atoms with E-state index in [1.165, 1.54) is 34.4 Å². The number of aromatic nitrogens is 3. The van der Waals surface area contributed by atoms with Crippen LogP contribution in [0.15, 0.2) is 59.4 Å². The zero-order chi connectivity index (χ0) is 21.6. The lowest BCUT2D eigenvalue weighted by atomic mass is 10.1. The predicted octanol–water partition coefficient (Wildman–Crippen LogP) is 5.01. The molecule has 0 radical (unpaired) electrons. The number of hydrogen-bond donors (Lipinski definition) is 0. The van der Waals surface area contributed by atoms with Crippen molar-refractivity contribution in [1.82, 2.24) is 14.3 Å². The molecule has 0 fully saturated rings. The van der Waals surface area contributed by atoms with Crippen LogP contribution in [0.5, 0.6) is 0 Å². The summed E-state index contributed by atoms with van der Waals surface area (Å²) in [6.45, 7) is 3.26. The second-order valence-corrected chi connectivity index (χ2v) is 7.14. The third kappa shape index (κ3) is 3.49. The molecule has 0 spiro atoms. The Kier molecular flexibility index (Phi) is 4.72. The summed E-state index contributed by atoms with van der Waals surface area (Å²) in [5.41, 5.74) is 0.227. The van der Waals surface area contributed by atoms with Gasteiger partial charge in [-0.2, -0.15) is 18.3 Å². The lowest BCUT2D eigenvalue weighted by Crippen LogP contribution is -2.25. The number of benzene rings is 2. The molecule has 0 aliphatic carbocycles. The first-order valence-electron chi connectivity index (χ1n) is 9.17. The molecule has 0 saturated carbocycles. The van der Waals surface area contributed by atoms with Crippen molar-refractivity contribution in [2.75, 3.05) is 0 Å². The molecule has 4 aromatic rings. The Hall–Kier alpha value is -3.42. The van der Waals surface area contributed by atoms with Crippen LogP contribution in [0.2, 0.25) is 0 Å². The highest BCUT2D eigenvalue weighted by atomic mass is 19.4. The molecular weight excluding hydrogens is 398 g/mol. The van der Waals surface area contributed by atoms with Gasteiger partial charge < -0.3 is 0 Å². The fourth-order valence-corrected chi connectivity index (χ4v) is 3.52. The number of halogens is 4. The van der Waals surface area contributed by atoms with Crippen LogP contribution < -0.4 is 5.56 Å². The molecule has 0 aliphatic heterocycles. The van der Waals surface area contributed by atoms with Crippen LogP contribution in [0.25, 0.3) is 16.7 Å². The van der Waals surface area contributed by atoms with Crippen molar-refractivity contribution in [2.24, 2.45) is 0 Å². The van der Waals surface area contributed by atoms with Crippen LogP contribution in [0, 0.1) is 19.7 Å². The molecule has 30 heavy (non-hydrogen) atoms. The third-order valence-corrected chi connectivity index (χ3v) is 4.91. The smallest absolute Gasteiger partial charge is 0.288 e. The molecule has 4 nitrogen and oxygen atoms in total. The molecule has 2 aromatic heterocycles. The summed E-state index contributed by atoms with van der Waals surface area (Å²) in [5, 5.41) is 4.15. The zero-order valence-electron chi connectivity index (χ0n) is 16.2. The van der Waals surface area contributed by atoms with E-state index in [0.29, 0.717) is 17.3 Å². The minimum Gasteiger partial charge on any atom is -0.288 e. The van der Waals surface area contributed by atoms with Crippen LogP contribution in [0.3, 0.4) is 0 Å². The summed E-state index contributed by atoms with van der Waals surface area (Å²) < 4.78 is 57.3. The van der Waals surface area contributed by atoms with E-state index in [0.717, 1.165) is 5.56 Å². The van der Waals surface area contributed by atoms with Crippen LogP contribution in [0.4, 0.5) is 17.6 Å². The molecule has 0 unspecified atom stereocenters. The Bertz CT molecular complexity index is 1300. The molecule has 4 rings (SSSR count). The van der Waals surface area contributed by atoms with Gasteiger partial charge in [0.1, 0.15) is 11.5 Å². The zero-order valence-corrected chi connectivity index (χ0v) is 16.2. The maximum atomic E-state index is 13.7.